The lowest BCUT2D eigenvalue weighted by Crippen LogP contribution is -2.45. The zero-order chi connectivity index (χ0) is 20.9. The van der Waals surface area contributed by atoms with E-state index in [1.807, 2.05) is 30.3 Å². The number of carbonyl (C=O) groups is 2. The lowest BCUT2D eigenvalue weighted by Gasteiger charge is -2.18. The topological polar surface area (TPSA) is 105 Å². The van der Waals surface area contributed by atoms with E-state index in [9.17, 15) is 18.0 Å². The highest BCUT2D eigenvalue weighted by molar-refractivity contribution is 7.90. The number of carbonyl (C=O) groups excluding carboxylic acids is 2. The second-order valence-electron chi connectivity index (χ2n) is 6.48. The van der Waals surface area contributed by atoms with E-state index in [2.05, 4.69) is 10.6 Å². The van der Waals surface area contributed by atoms with Crippen LogP contribution in [0.15, 0.2) is 82.3 Å². The van der Waals surface area contributed by atoms with Gasteiger partial charge in [0.25, 0.3) is 5.91 Å². The zero-order valence-corrected chi connectivity index (χ0v) is 16.5. The van der Waals surface area contributed by atoms with Gasteiger partial charge >= 0.3 is 0 Å². The fourth-order valence-corrected chi connectivity index (χ4v) is 3.40. The normalized spacial score (nSPS) is 12.2. The molecule has 2 aromatic carbocycles. The minimum absolute atomic E-state index is 0.0922. The van der Waals surface area contributed by atoms with E-state index in [0.717, 1.165) is 11.8 Å². The molecule has 2 amide bonds. The van der Waals surface area contributed by atoms with Crippen molar-refractivity contribution in [3.8, 4) is 0 Å². The van der Waals surface area contributed by atoms with Crippen LogP contribution in [0.25, 0.3) is 0 Å². The summed E-state index contributed by atoms with van der Waals surface area (Å²) in [7, 11) is -3.41. The van der Waals surface area contributed by atoms with E-state index in [0.29, 0.717) is 5.69 Å². The minimum Gasteiger partial charge on any atom is -0.459 e. The number of sulfone groups is 1. The maximum Gasteiger partial charge on any atom is 0.287 e. The Balaban J connectivity index is 1.81. The smallest absolute Gasteiger partial charge is 0.287 e. The Hall–Kier alpha value is -3.39. The molecular weight excluding hydrogens is 392 g/mol. The molecule has 0 spiro atoms. The Bertz CT molecular complexity index is 1090. The third-order valence-electron chi connectivity index (χ3n) is 4.18. The number of rotatable bonds is 7. The molecule has 2 N–H and O–H groups in total. The summed E-state index contributed by atoms with van der Waals surface area (Å²) in [6.07, 6.45) is 2.72. The summed E-state index contributed by atoms with van der Waals surface area (Å²) in [5.74, 6) is -0.898. The molecule has 7 nitrogen and oxygen atoms in total. The van der Waals surface area contributed by atoms with Gasteiger partial charge in [-0.2, -0.15) is 0 Å². The number of furan rings is 1. The number of anilines is 1. The summed E-state index contributed by atoms with van der Waals surface area (Å²) in [4.78, 5) is 25.4. The van der Waals surface area contributed by atoms with Crippen molar-refractivity contribution >= 4 is 27.3 Å². The third-order valence-corrected chi connectivity index (χ3v) is 5.29. The first kappa shape index (κ1) is 20.3. The molecule has 29 heavy (non-hydrogen) atoms. The van der Waals surface area contributed by atoms with Crippen molar-refractivity contribution in [3.05, 3.63) is 84.3 Å². The second-order valence-corrected chi connectivity index (χ2v) is 8.50. The summed E-state index contributed by atoms with van der Waals surface area (Å²) in [5, 5.41) is 5.35. The fourth-order valence-electron chi connectivity index (χ4n) is 2.73. The van der Waals surface area contributed by atoms with Crippen LogP contribution in [0.5, 0.6) is 0 Å². The second kappa shape index (κ2) is 8.74. The van der Waals surface area contributed by atoms with Gasteiger partial charge in [-0.05, 0) is 35.9 Å². The van der Waals surface area contributed by atoms with Gasteiger partial charge in [-0.15, -0.1) is 0 Å². The molecule has 0 aliphatic heterocycles. The molecule has 0 bridgehead atoms. The van der Waals surface area contributed by atoms with Crippen LogP contribution < -0.4 is 10.6 Å². The number of hydrogen-bond acceptors (Lipinski definition) is 5. The molecule has 3 rings (SSSR count). The molecule has 1 atom stereocenters. The van der Waals surface area contributed by atoms with E-state index in [1.165, 1.54) is 24.5 Å². The van der Waals surface area contributed by atoms with Crippen LogP contribution in [0.3, 0.4) is 0 Å². The van der Waals surface area contributed by atoms with Gasteiger partial charge in [0.15, 0.2) is 15.6 Å². The molecule has 1 unspecified atom stereocenters. The summed E-state index contributed by atoms with van der Waals surface area (Å²) >= 11 is 0. The predicted molar refractivity (Wildman–Crippen MR) is 108 cm³/mol. The van der Waals surface area contributed by atoms with Crippen LogP contribution in [0.1, 0.15) is 16.1 Å². The first-order chi connectivity index (χ1) is 13.8. The van der Waals surface area contributed by atoms with E-state index >= 15 is 0 Å². The van der Waals surface area contributed by atoms with Crippen LogP contribution in [-0.2, 0) is 21.1 Å². The molecule has 0 aliphatic rings. The van der Waals surface area contributed by atoms with Gasteiger partial charge in [0, 0.05) is 18.4 Å². The number of amides is 2. The van der Waals surface area contributed by atoms with Crippen LogP contribution in [0.4, 0.5) is 5.69 Å². The van der Waals surface area contributed by atoms with E-state index < -0.39 is 27.7 Å². The summed E-state index contributed by atoms with van der Waals surface area (Å²) in [6, 6.07) is 17.4. The highest BCUT2D eigenvalue weighted by Gasteiger charge is 2.23. The molecule has 0 saturated heterocycles. The van der Waals surface area contributed by atoms with Crippen molar-refractivity contribution in [2.24, 2.45) is 0 Å². The Morgan fingerprint density at radius 3 is 2.41 bits per heavy atom. The molecule has 0 radical (unpaired) electrons. The molecule has 8 heteroatoms. The average Bonchev–Trinajstić information content (AvgIpc) is 3.23. The quantitative estimate of drug-likeness (QED) is 0.621. The Morgan fingerprint density at radius 1 is 1.00 bits per heavy atom. The molecular formula is C21H20N2O5S. The number of hydrogen-bond donors (Lipinski definition) is 2. The highest BCUT2D eigenvalue weighted by atomic mass is 32.2. The van der Waals surface area contributed by atoms with Gasteiger partial charge in [0.1, 0.15) is 6.04 Å². The monoisotopic (exact) mass is 412 g/mol. The minimum atomic E-state index is -3.41. The van der Waals surface area contributed by atoms with Crippen LogP contribution >= 0.6 is 0 Å². The van der Waals surface area contributed by atoms with Crippen molar-refractivity contribution in [1.29, 1.82) is 0 Å². The zero-order valence-electron chi connectivity index (χ0n) is 15.7. The fraction of sp³-hybridized carbons (Fsp3) is 0.143. The molecule has 0 aliphatic carbocycles. The summed E-state index contributed by atoms with van der Waals surface area (Å²) < 4.78 is 28.6. The van der Waals surface area contributed by atoms with Crippen LogP contribution in [0.2, 0.25) is 0 Å². The lowest BCUT2D eigenvalue weighted by atomic mass is 10.0. The van der Waals surface area contributed by atoms with Gasteiger partial charge in [-0.25, -0.2) is 8.42 Å². The molecule has 150 valence electrons. The lowest BCUT2D eigenvalue weighted by molar-refractivity contribution is -0.118. The van der Waals surface area contributed by atoms with Gasteiger partial charge in [-0.3, -0.25) is 9.59 Å². The van der Waals surface area contributed by atoms with Gasteiger partial charge in [0.05, 0.1) is 11.2 Å². The van der Waals surface area contributed by atoms with Crippen molar-refractivity contribution < 1.29 is 22.4 Å². The summed E-state index contributed by atoms with van der Waals surface area (Å²) in [6.45, 7) is 0. The average molecular weight is 412 g/mol. The van der Waals surface area contributed by atoms with Gasteiger partial charge in [0.2, 0.25) is 5.91 Å². The first-order valence-electron chi connectivity index (χ1n) is 8.82. The predicted octanol–water partition coefficient (Wildman–Crippen LogP) is 2.66. The standard InChI is InChI=1S/C21H20N2O5S/c1-29(26,27)17-10-5-9-16(14-17)22-20(24)18(13-15-7-3-2-4-8-15)23-21(25)19-11-6-12-28-19/h2-12,14,18H,13H2,1H3,(H,22,24)(H,23,25). The molecule has 0 saturated carbocycles. The molecule has 1 heterocycles. The first-order valence-corrected chi connectivity index (χ1v) is 10.7. The molecule has 0 fully saturated rings. The third kappa shape index (κ3) is 5.55. The maximum atomic E-state index is 12.9. The van der Waals surface area contributed by atoms with E-state index in [4.69, 9.17) is 4.42 Å². The van der Waals surface area contributed by atoms with E-state index in [-0.39, 0.29) is 17.1 Å². The molecule has 3 aromatic rings. The Kier molecular flexibility index (Phi) is 6.13. The van der Waals surface area contributed by atoms with Gasteiger partial charge < -0.3 is 15.1 Å². The Morgan fingerprint density at radius 2 is 1.76 bits per heavy atom. The molecule has 1 aromatic heterocycles. The van der Waals surface area contributed by atoms with Crippen LogP contribution in [-0.4, -0.2) is 32.5 Å². The summed E-state index contributed by atoms with van der Waals surface area (Å²) in [5.41, 5.74) is 1.18. The number of nitrogens with one attached hydrogen (secondary N) is 2. The largest absolute Gasteiger partial charge is 0.459 e. The van der Waals surface area contributed by atoms with Crippen molar-refractivity contribution in [2.45, 2.75) is 17.4 Å². The SMILES string of the molecule is CS(=O)(=O)c1cccc(NC(=O)C(Cc2ccccc2)NC(=O)c2ccco2)c1. The Labute approximate surface area is 168 Å². The van der Waals surface area contributed by atoms with Crippen molar-refractivity contribution in [3.63, 3.8) is 0 Å². The van der Waals surface area contributed by atoms with E-state index in [1.54, 1.807) is 18.2 Å². The van der Waals surface area contributed by atoms with Gasteiger partial charge in [-0.1, -0.05) is 36.4 Å². The van der Waals surface area contributed by atoms with Crippen LogP contribution in [0, 0.1) is 0 Å². The number of benzene rings is 2. The highest BCUT2D eigenvalue weighted by Crippen LogP contribution is 2.16. The van der Waals surface area contributed by atoms with Crippen molar-refractivity contribution in [2.75, 3.05) is 11.6 Å². The van der Waals surface area contributed by atoms with Crippen molar-refractivity contribution in [1.82, 2.24) is 5.32 Å². The maximum absolute atomic E-state index is 12.9.